The highest BCUT2D eigenvalue weighted by atomic mass is 32.2. The fourth-order valence-corrected chi connectivity index (χ4v) is 5.75. The van der Waals surface area contributed by atoms with E-state index >= 15 is 0 Å². The summed E-state index contributed by atoms with van der Waals surface area (Å²) in [5.41, 5.74) is 4.19. The highest BCUT2D eigenvalue weighted by molar-refractivity contribution is 8.27. The average Bonchev–Trinajstić information content (AvgIpc) is 3.35. The molecule has 1 aromatic heterocycles. The van der Waals surface area contributed by atoms with Crippen molar-refractivity contribution in [3.8, 4) is 0 Å². The van der Waals surface area contributed by atoms with Crippen molar-refractivity contribution in [3.05, 3.63) is 119 Å². The fraction of sp³-hybridized carbons (Fsp3) is 0.0345. The van der Waals surface area contributed by atoms with Crippen LogP contribution in [0.25, 0.3) is 27.8 Å². The summed E-state index contributed by atoms with van der Waals surface area (Å²) in [5, 5.41) is 3.60. The number of nitrogens with zero attached hydrogens (tertiary/aromatic N) is 2. The van der Waals surface area contributed by atoms with Gasteiger partial charge in [0.15, 0.2) is 4.32 Å². The van der Waals surface area contributed by atoms with Crippen LogP contribution in [0.2, 0.25) is 0 Å². The van der Waals surface area contributed by atoms with E-state index < -0.39 is 0 Å². The minimum absolute atomic E-state index is 0.0763. The number of hydrogen-bond acceptors (Lipinski definition) is 3. The van der Waals surface area contributed by atoms with Gasteiger partial charge in [-0.15, -0.1) is 0 Å². The third kappa shape index (κ3) is 3.73. The van der Waals surface area contributed by atoms with Crippen LogP contribution in [-0.4, -0.2) is 14.8 Å². The summed E-state index contributed by atoms with van der Waals surface area (Å²) >= 11 is 6.90. The minimum Gasteiger partial charge on any atom is -0.342 e. The molecule has 0 saturated carbocycles. The van der Waals surface area contributed by atoms with Crippen LogP contribution in [0.4, 0.5) is 5.69 Å². The van der Waals surface area contributed by atoms with E-state index in [1.165, 1.54) is 28.1 Å². The van der Waals surface area contributed by atoms with Gasteiger partial charge in [0.1, 0.15) is 0 Å². The molecule has 1 fully saturated rings. The summed E-state index contributed by atoms with van der Waals surface area (Å²) in [7, 11) is 0. The number of thiocarbonyl (C=S) groups is 1. The van der Waals surface area contributed by atoms with E-state index in [9.17, 15) is 4.79 Å². The molecule has 3 nitrogen and oxygen atoms in total. The number of carbonyl (C=O) groups is 1. The Morgan fingerprint density at radius 2 is 1.56 bits per heavy atom. The van der Waals surface area contributed by atoms with E-state index in [0.29, 0.717) is 9.23 Å². The Bertz CT molecular complexity index is 1600. The van der Waals surface area contributed by atoms with Crippen LogP contribution in [0.15, 0.2) is 108 Å². The van der Waals surface area contributed by atoms with Crippen molar-refractivity contribution in [2.75, 3.05) is 4.90 Å². The number of carbonyl (C=O) groups excluding carboxylic acids is 1. The lowest BCUT2D eigenvalue weighted by molar-refractivity contribution is -0.113. The number of benzene rings is 4. The van der Waals surface area contributed by atoms with Crippen LogP contribution >= 0.6 is 24.0 Å². The third-order valence-electron chi connectivity index (χ3n) is 6.08. The van der Waals surface area contributed by atoms with Crippen molar-refractivity contribution in [2.45, 2.75) is 6.54 Å². The number of hydrogen-bond donors (Lipinski definition) is 0. The second-order valence-corrected chi connectivity index (χ2v) is 9.94. The first-order valence-electron chi connectivity index (χ1n) is 11.1. The van der Waals surface area contributed by atoms with Crippen molar-refractivity contribution in [1.29, 1.82) is 0 Å². The molecule has 34 heavy (non-hydrogen) atoms. The predicted octanol–water partition coefficient (Wildman–Crippen LogP) is 7.25. The topological polar surface area (TPSA) is 25.2 Å². The Balaban J connectivity index is 1.37. The Hall–Kier alpha value is -3.67. The lowest BCUT2D eigenvalue weighted by atomic mass is 10.1. The highest BCUT2D eigenvalue weighted by Crippen LogP contribution is 2.37. The summed E-state index contributed by atoms with van der Waals surface area (Å²) < 4.78 is 2.81. The summed E-state index contributed by atoms with van der Waals surface area (Å²) in [6.07, 6.45) is 4.11. The van der Waals surface area contributed by atoms with Gasteiger partial charge in [0.05, 0.1) is 10.6 Å². The Kier molecular flexibility index (Phi) is 5.28. The van der Waals surface area contributed by atoms with E-state index in [2.05, 4.69) is 71.4 Å². The molecule has 0 radical (unpaired) electrons. The van der Waals surface area contributed by atoms with Gasteiger partial charge in [0.25, 0.3) is 5.91 Å². The van der Waals surface area contributed by atoms with E-state index in [1.54, 1.807) is 4.90 Å². The van der Waals surface area contributed by atoms with Crippen LogP contribution < -0.4 is 4.90 Å². The molecule has 4 aromatic carbocycles. The lowest BCUT2D eigenvalue weighted by Gasteiger charge is -2.13. The van der Waals surface area contributed by atoms with Gasteiger partial charge in [-0.05, 0) is 46.7 Å². The number of anilines is 1. The van der Waals surface area contributed by atoms with E-state index in [-0.39, 0.29) is 5.91 Å². The summed E-state index contributed by atoms with van der Waals surface area (Å²) in [4.78, 5) is 15.5. The standard InChI is InChI=1S/C29H20N2OS2/c32-28-27(34-29(33)31(28)24-10-2-1-3-11-24)17-23-19-30(26-13-7-6-12-25(23)26)18-20-14-15-21-8-4-5-9-22(21)16-20/h1-17,19H,18H2/b27-17+. The Morgan fingerprint density at radius 3 is 2.41 bits per heavy atom. The molecule has 1 amide bonds. The molecule has 0 N–H and O–H groups in total. The first kappa shape index (κ1) is 20.9. The molecule has 0 bridgehead atoms. The van der Waals surface area contributed by atoms with Crippen LogP contribution in [0.3, 0.4) is 0 Å². The molecule has 164 valence electrons. The molecular weight excluding hydrogens is 456 g/mol. The minimum atomic E-state index is -0.0763. The molecule has 1 aliphatic heterocycles. The third-order valence-corrected chi connectivity index (χ3v) is 7.38. The average molecular weight is 477 g/mol. The zero-order valence-electron chi connectivity index (χ0n) is 18.2. The van der Waals surface area contributed by atoms with Gasteiger partial charge in [-0.2, -0.15) is 0 Å². The molecule has 5 aromatic rings. The van der Waals surface area contributed by atoms with E-state index in [0.717, 1.165) is 28.7 Å². The van der Waals surface area contributed by atoms with Crippen LogP contribution in [-0.2, 0) is 11.3 Å². The van der Waals surface area contributed by atoms with Crippen molar-refractivity contribution in [1.82, 2.24) is 4.57 Å². The first-order chi connectivity index (χ1) is 16.7. The van der Waals surface area contributed by atoms with Crippen molar-refractivity contribution in [3.63, 3.8) is 0 Å². The van der Waals surface area contributed by atoms with Crippen molar-refractivity contribution >= 4 is 67.6 Å². The second kappa shape index (κ2) is 8.60. The SMILES string of the molecule is O=C1/C(=C\c2cn(Cc3ccc4ccccc4c3)c3ccccc23)SC(=S)N1c1ccccc1. The maximum atomic E-state index is 13.2. The highest BCUT2D eigenvalue weighted by Gasteiger charge is 2.33. The zero-order valence-corrected chi connectivity index (χ0v) is 19.9. The summed E-state index contributed by atoms with van der Waals surface area (Å²) in [5.74, 6) is -0.0763. The fourth-order valence-electron chi connectivity index (χ4n) is 4.46. The molecule has 1 aliphatic rings. The summed E-state index contributed by atoms with van der Waals surface area (Å²) in [6, 6.07) is 32.9. The maximum absolute atomic E-state index is 13.2. The Labute approximate surface area is 207 Å². The Morgan fingerprint density at radius 1 is 0.824 bits per heavy atom. The van der Waals surface area contributed by atoms with Gasteiger partial charge >= 0.3 is 0 Å². The molecule has 0 spiro atoms. The molecule has 0 aliphatic carbocycles. The summed E-state index contributed by atoms with van der Waals surface area (Å²) in [6.45, 7) is 0.754. The van der Waals surface area contributed by atoms with Gasteiger partial charge in [-0.3, -0.25) is 9.69 Å². The van der Waals surface area contributed by atoms with E-state index in [4.69, 9.17) is 12.2 Å². The van der Waals surface area contributed by atoms with Crippen molar-refractivity contribution in [2.24, 2.45) is 0 Å². The van der Waals surface area contributed by atoms with Gasteiger partial charge in [0, 0.05) is 29.2 Å². The van der Waals surface area contributed by atoms with Gasteiger partial charge in [0.2, 0.25) is 0 Å². The molecular formula is C29H20N2OS2. The van der Waals surface area contributed by atoms with Gasteiger partial charge in [-0.25, -0.2) is 0 Å². The number of rotatable bonds is 4. The van der Waals surface area contributed by atoms with E-state index in [1.807, 2.05) is 42.5 Å². The molecule has 6 rings (SSSR count). The molecule has 0 atom stereocenters. The smallest absolute Gasteiger partial charge is 0.270 e. The zero-order chi connectivity index (χ0) is 23.1. The number of aromatic nitrogens is 1. The van der Waals surface area contributed by atoms with Gasteiger partial charge in [-0.1, -0.05) is 96.8 Å². The normalized spacial score (nSPS) is 15.2. The molecule has 1 saturated heterocycles. The molecule has 2 heterocycles. The van der Waals surface area contributed by atoms with Crippen LogP contribution in [0.1, 0.15) is 11.1 Å². The lowest BCUT2D eigenvalue weighted by Crippen LogP contribution is -2.27. The molecule has 5 heteroatoms. The largest absolute Gasteiger partial charge is 0.342 e. The number of para-hydroxylation sites is 2. The number of amides is 1. The van der Waals surface area contributed by atoms with Crippen LogP contribution in [0.5, 0.6) is 0 Å². The van der Waals surface area contributed by atoms with Crippen molar-refractivity contribution < 1.29 is 4.79 Å². The quantitative estimate of drug-likeness (QED) is 0.202. The number of thioether (sulfide) groups is 1. The maximum Gasteiger partial charge on any atom is 0.270 e. The monoisotopic (exact) mass is 476 g/mol. The predicted molar refractivity (Wildman–Crippen MR) is 147 cm³/mol. The molecule has 0 unspecified atom stereocenters. The second-order valence-electron chi connectivity index (χ2n) is 8.26. The number of fused-ring (bicyclic) bond motifs is 2. The van der Waals surface area contributed by atoms with Crippen LogP contribution in [0, 0.1) is 0 Å². The van der Waals surface area contributed by atoms with Gasteiger partial charge < -0.3 is 4.57 Å². The first-order valence-corrected chi connectivity index (χ1v) is 12.3.